The van der Waals surface area contributed by atoms with Gasteiger partial charge in [-0.2, -0.15) is 0 Å². The largest absolute Gasteiger partial charge is 0.363 e. The van der Waals surface area contributed by atoms with Crippen LogP contribution in [0.3, 0.4) is 0 Å². The van der Waals surface area contributed by atoms with Gasteiger partial charge in [0.25, 0.3) is 6.43 Å². The van der Waals surface area contributed by atoms with Gasteiger partial charge in [-0.15, -0.1) is 6.58 Å². The van der Waals surface area contributed by atoms with Gasteiger partial charge < -0.3 is 10.2 Å². The molecule has 1 N–H and O–H groups in total. The smallest absolute Gasteiger partial charge is 0.266 e. The Morgan fingerprint density at radius 1 is 1.24 bits per heavy atom. The van der Waals surface area contributed by atoms with E-state index in [-0.39, 0.29) is 5.56 Å². The van der Waals surface area contributed by atoms with Gasteiger partial charge in [-0.05, 0) is 19.9 Å². The highest BCUT2D eigenvalue weighted by Gasteiger charge is 2.20. The number of nitrogens with zero attached hydrogens (tertiary/aromatic N) is 4. The highest BCUT2D eigenvalue weighted by atomic mass is 19.3. The number of alkyl halides is 2. The maximum absolute atomic E-state index is 14.5. The van der Waals surface area contributed by atoms with Crippen LogP contribution in [0.1, 0.15) is 36.3 Å². The molecule has 1 aromatic carbocycles. The lowest BCUT2D eigenvalue weighted by Gasteiger charge is -2.20. The van der Waals surface area contributed by atoms with E-state index in [4.69, 9.17) is 0 Å². The number of aromatic nitrogens is 3. The van der Waals surface area contributed by atoms with Gasteiger partial charge in [0.1, 0.15) is 23.3 Å². The summed E-state index contributed by atoms with van der Waals surface area (Å²) in [6, 6.07) is 5.24. The molecule has 1 atom stereocenters. The van der Waals surface area contributed by atoms with Gasteiger partial charge in [-0.25, -0.2) is 28.1 Å². The van der Waals surface area contributed by atoms with Gasteiger partial charge in [0.15, 0.2) is 0 Å². The van der Waals surface area contributed by atoms with Crippen LogP contribution in [-0.2, 0) is 0 Å². The second-order valence-electron chi connectivity index (χ2n) is 6.77. The highest BCUT2D eigenvalue weighted by Crippen LogP contribution is 2.31. The van der Waals surface area contributed by atoms with E-state index in [2.05, 4.69) is 26.8 Å². The average molecular weight is 401 g/mol. The molecular formula is C21H22F3N5. The van der Waals surface area contributed by atoms with Crippen LogP contribution in [0.2, 0.25) is 0 Å². The highest BCUT2D eigenvalue weighted by molar-refractivity contribution is 5.90. The molecular weight excluding hydrogens is 379 g/mol. The summed E-state index contributed by atoms with van der Waals surface area (Å²) in [6.45, 7) is 7.77. The summed E-state index contributed by atoms with van der Waals surface area (Å²) in [5, 5.41) is 3.85. The lowest BCUT2D eigenvalue weighted by Crippen LogP contribution is -2.18. The molecule has 0 aliphatic carbocycles. The lowest BCUT2D eigenvalue weighted by atomic mass is 10.0. The molecule has 0 spiro atoms. The van der Waals surface area contributed by atoms with E-state index in [1.54, 1.807) is 26.1 Å². The summed E-state index contributed by atoms with van der Waals surface area (Å²) in [5.74, 6) is 0.789. The first-order valence-corrected chi connectivity index (χ1v) is 9.11. The molecule has 3 aromatic rings. The van der Waals surface area contributed by atoms with Crippen LogP contribution >= 0.6 is 0 Å². The molecule has 0 saturated carbocycles. The van der Waals surface area contributed by atoms with Gasteiger partial charge in [0.05, 0.1) is 23.3 Å². The Hall–Kier alpha value is -3.16. The van der Waals surface area contributed by atoms with E-state index in [0.29, 0.717) is 34.9 Å². The number of fused-ring (bicyclic) bond motifs is 1. The molecule has 0 amide bonds. The van der Waals surface area contributed by atoms with Crippen molar-refractivity contribution in [2.45, 2.75) is 26.3 Å². The van der Waals surface area contributed by atoms with Gasteiger partial charge >= 0.3 is 0 Å². The number of anilines is 2. The standard InChI is InChI=1S/C21H22F3N5/c1-5-9-29(4)18-10-16-17(11-25-18)27-13(3)28-21(16)26-12(2)14-7-6-8-15(19(14)22)20(23)24/h5-8,10-12,20H,1,9H2,2-4H3,(H,26,27,28)/t12-/m1/s1. The van der Waals surface area contributed by atoms with Crippen LogP contribution < -0.4 is 10.2 Å². The summed E-state index contributed by atoms with van der Waals surface area (Å²) >= 11 is 0. The van der Waals surface area contributed by atoms with Crippen molar-refractivity contribution in [2.75, 3.05) is 23.8 Å². The topological polar surface area (TPSA) is 53.9 Å². The van der Waals surface area contributed by atoms with Crippen LogP contribution in [0.25, 0.3) is 10.9 Å². The zero-order valence-corrected chi connectivity index (χ0v) is 16.5. The van der Waals surface area contributed by atoms with Crippen molar-refractivity contribution in [2.24, 2.45) is 0 Å². The third-order valence-electron chi connectivity index (χ3n) is 4.59. The normalized spacial score (nSPS) is 12.2. The van der Waals surface area contributed by atoms with Crippen LogP contribution in [0.5, 0.6) is 0 Å². The average Bonchev–Trinajstić information content (AvgIpc) is 2.67. The van der Waals surface area contributed by atoms with E-state index in [1.807, 2.05) is 18.0 Å². The van der Waals surface area contributed by atoms with Crippen LogP contribution in [0, 0.1) is 12.7 Å². The molecule has 0 radical (unpaired) electrons. The number of hydrogen-bond donors (Lipinski definition) is 1. The Morgan fingerprint density at radius 3 is 2.66 bits per heavy atom. The number of pyridine rings is 1. The summed E-state index contributed by atoms with van der Waals surface area (Å²) in [6.07, 6.45) is 0.530. The molecule has 2 aromatic heterocycles. The fourth-order valence-corrected chi connectivity index (χ4v) is 3.10. The van der Waals surface area contributed by atoms with Gasteiger partial charge in [0.2, 0.25) is 0 Å². The fraction of sp³-hybridized carbons (Fsp3) is 0.286. The number of halogens is 3. The molecule has 0 aliphatic rings. The maximum Gasteiger partial charge on any atom is 0.266 e. The zero-order chi connectivity index (χ0) is 21.1. The van der Waals surface area contributed by atoms with Crippen molar-refractivity contribution in [1.29, 1.82) is 0 Å². The Morgan fingerprint density at radius 2 is 1.97 bits per heavy atom. The van der Waals surface area contributed by atoms with E-state index in [1.165, 1.54) is 12.1 Å². The van der Waals surface area contributed by atoms with E-state index in [9.17, 15) is 13.2 Å². The Bertz CT molecular complexity index is 1040. The first-order chi connectivity index (χ1) is 13.8. The van der Waals surface area contributed by atoms with Gasteiger partial charge in [-0.1, -0.05) is 24.3 Å². The zero-order valence-electron chi connectivity index (χ0n) is 16.5. The van der Waals surface area contributed by atoms with Crippen LogP contribution in [-0.4, -0.2) is 28.5 Å². The van der Waals surface area contributed by atoms with Gasteiger partial charge in [0, 0.05) is 24.5 Å². The van der Waals surface area contributed by atoms with Crippen LogP contribution in [0.4, 0.5) is 24.8 Å². The molecule has 0 bridgehead atoms. The van der Waals surface area contributed by atoms with Crippen molar-refractivity contribution in [1.82, 2.24) is 15.0 Å². The third kappa shape index (κ3) is 4.31. The molecule has 5 nitrogen and oxygen atoms in total. The SMILES string of the molecule is C=CCN(C)c1cc2c(N[C@H](C)c3cccc(C(F)F)c3F)nc(C)nc2cn1. The first-order valence-electron chi connectivity index (χ1n) is 9.11. The monoisotopic (exact) mass is 401 g/mol. The van der Waals surface area contributed by atoms with Crippen LogP contribution in [0.15, 0.2) is 43.1 Å². The molecule has 2 heterocycles. The van der Waals surface area contributed by atoms with Gasteiger partial charge in [-0.3, -0.25) is 0 Å². The molecule has 3 rings (SSSR count). The summed E-state index contributed by atoms with van der Waals surface area (Å²) in [5.41, 5.74) is 0.160. The second kappa shape index (κ2) is 8.46. The van der Waals surface area contributed by atoms with Crippen molar-refractivity contribution in [3.63, 3.8) is 0 Å². The summed E-state index contributed by atoms with van der Waals surface area (Å²) < 4.78 is 40.6. The lowest BCUT2D eigenvalue weighted by molar-refractivity contribution is 0.146. The minimum absolute atomic E-state index is 0.144. The number of rotatable bonds is 7. The van der Waals surface area contributed by atoms with E-state index < -0.39 is 23.8 Å². The quantitative estimate of drug-likeness (QED) is 0.551. The third-order valence-corrected chi connectivity index (χ3v) is 4.59. The van der Waals surface area contributed by atoms with E-state index in [0.717, 1.165) is 6.07 Å². The number of likely N-dealkylation sites (N-methyl/N-ethyl adjacent to an activating group) is 1. The maximum atomic E-state index is 14.5. The number of aryl methyl sites for hydroxylation is 1. The van der Waals surface area contributed by atoms with Crippen molar-refractivity contribution in [3.05, 3.63) is 65.9 Å². The number of benzene rings is 1. The first kappa shape index (κ1) is 20.6. The Kier molecular flexibility index (Phi) is 6.00. The molecule has 0 fully saturated rings. The number of nitrogens with one attached hydrogen (secondary N) is 1. The fourth-order valence-electron chi connectivity index (χ4n) is 3.10. The Balaban J connectivity index is 2.02. The Labute approximate surface area is 167 Å². The van der Waals surface area contributed by atoms with Crippen molar-refractivity contribution in [3.8, 4) is 0 Å². The van der Waals surface area contributed by atoms with E-state index >= 15 is 0 Å². The van der Waals surface area contributed by atoms with Crippen molar-refractivity contribution < 1.29 is 13.2 Å². The minimum atomic E-state index is -2.88. The second-order valence-corrected chi connectivity index (χ2v) is 6.77. The van der Waals surface area contributed by atoms with Crippen molar-refractivity contribution >= 4 is 22.5 Å². The molecule has 29 heavy (non-hydrogen) atoms. The minimum Gasteiger partial charge on any atom is -0.363 e. The molecule has 152 valence electrons. The summed E-state index contributed by atoms with van der Waals surface area (Å²) in [4.78, 5) is 15.1. The predicted octanol–water partition coefficient (Wildman–Crippen LogP) is 5.21. The molecule has 0 aliphatic heterocycles. The molecule has 8 heteroatoms. The molecule has 0 unspecified atom stereocenters. The summed E-state index contributed by atoms with van der Waals surface area (Å²) in [7, 11) is 1.88. The number of hydrogen-bond acceptors (Lipinski definition) is 5. The predicted molar refractivity (Wildman–Crippen MR) is 109 cm³/mol. The molecule has 0 saturated heterocycles.